The van der Waals surface area contributed by atoms with E-state index in [-0.39, 0.29) is 5.75 Å². The van der Waals surface area contributed by atoms with Gasteiger partial charge < -0.3 is 10.5 Å². The fourth-order valence-electron chi connectivity index (χ4n) is 1.95. The lowest BCUT2D eigenvalue weighted by Crippen LogP contribution is -1.94. The highest BCUT2D eigenvalue weighted by atomic mass is 79.9. The summed E-state index contributed by atoms with van der Waals surface area (Å²) in [6.45, 7) is 0. The second kappa shape index (κ2) is 5.61. The van der Waals surface area contributed by atoms with Crippen LogP contribution in [0.2, 0.25) is 0 Å². The van der Waals surface area contributed by atoms with E-state index < -0.39 is 5.82 Å². The Bertz CT molecular complexity index is 839. The minimum atomic E-state index is -0.444. The normalized spacial score (nSPS) is 10.8. The van der Waals surface area contributed by atoms with E-state index in [0.29, 0.717) is 17.0 Å². The van der Waals surface area contributed by atoms with E-state index in [9.17, 15) is 4.39 Å². The summed E-state index contributed by atoms with van der Waals surface area (Å²) in [5, 5.41) is 0.747. The molecule has 106 valence electrons. The van der Waals surface area contributed by atoms with Crippen LogP contribution in [0.5, 0.6) is 11.5 Å². The summed E-state index contributed by atoms with van der Waals surface area (Å²) < 4.78 is 21.0. The fraction of sp³-hybridized carbons (Fsp3) is 0. The number of aromatic nitrogens is 1. The maximum Gasteiger partial charge on any atom is 0.165 e. The van der Waals surface area contributed by atoms with Crippen LogP contribution in [0, 0.1) is 5.82 Å². The lowest BCUT2D eigenvalue weighted by Gasteiger charge is -2.11. The molecule has 0 atom stereocenters. The van der Waals surface area contributed by atoms with Gasteiger partial charge >= 0.3 is 0 Å². The lowest BCUT2D eigenvalue weighted by atomic mass is 10.1. The Morgan fingerprint density at radius 1 is 1.00 bits per heavy atom. The van der Waals surface area contributed by atoms with Crippen molar-refractivity contribution in [1.82, 2.24) is 4.98 Å². The minimum Gasteiger partial charge on any atom is -0.452 e. The number of rotatable bonds is 2. The molecule has 0 aliphatic carbocycles. The third-order valence-corrected chi connectivity index (χ3v) is 3.85. The Labute approximate surface area is 137 Å². The number of fused-ring (bicyclic) bond motifs is 1. The molecule has 0 amide bonds. The van der Waals surface area contributed by atoms with E-state index in [4.69, 9.17) is 10.5 Å². The molecule has 21 heavy (non-hydrogen) atoms. The molecule has 0 saturated carbocycles. The smallest absolute Gasteiger partial charge is 0.165 e. The number of benzene rings is 2. The topological polar surface area (TPSA) is 48.1 Å². The first kappa shape index (κ1) is 14.3. The largest absolute Gasteiger partial charge is 0.452 e. The summed E-state index contributed by atoms with van der Waals surface area (Å²) in [5.41, 5.74) is 7.11. The monoisotopic (exact) mass is 410 g/mol. The average molecular weight is 412 g/mol. The van der Waals surface area contributed by atoms with Gasteiger partial charge in [0, 0.05) is 26.2 Å². The summed E-state index contributed by atoms with van der Waals surface area (Å²) in [4.78, 5) is 4.30. The van der Waals surface area contributed by atoms with E-state index in [0.717, 1.165) is 14.3 Å². The van der Waals surface area contributed by atoms with Gasteiger partial charge in [0.1, 0.15) is 5.52 Å². The van der Waals surface area contributed by atoms with Crippen LogP contribution in [0.3, 0.4) is 0 Å². The van der Waals surface area contributed by atoms with Gasteiger partial charge in [-0.1, -0.05) is 15.9 Å². The third-order valence-electron chi connectivity index (χ3n) is 2.93. The predicted molar refractivity (Wildman–Crippen MR) is 88.0 cm³/mol. The molecule has 2 N–H and O–H groups in total. The number of anilines is 1. The van der Waals surface area contributed by atoms with E-state index in [2.05, 4.69) is 36.8 Å². The fourth-order valence-corrected chi connectivity index (χ4v) is 2.62. The number of hydrogen-bond donors (Lipinski definition) is 1. The molecule has 1 aromatic heterocycles. The molecule has 0 spiro atoms. The Kier molecular flexibility index (Phi) is 3.82. The second-order valence-electron chi connectivity index (χ2n) is 4.38. The van der Waals surface area contributed by atoms with Crippen molar-refractivity contribution in [1.29, 1.82) is 0 Å². The number of hydrogen-bond acceptors (Lipinski definition) is 3. The van der Waals surface area contributed by atoms with Crippen LogP contribution in [-0.4, -0.2) is 4.98 Å². The number of pyridine rings is 1. The molecule has 3 nitrogen and oxygen atoms in total. The maximum absolute atomic E-state index is 13.8. The van der Waals surface area contributed by atoms with Gasteiger partial charge in [-0.3, -0.25) is 4.98 Å². The average Bonchev–Trinajstić information content (AvgIpc) is 2.46. The van der Waals surface area contributed by atoms with Gasteiger partial charge in [-0.25, -0.2) is 4.39 Å². The molecule has 1 heterocycles. The number of nitrogens with zero attached hydrogens (tertiary/aromatic N) is 1. The lowest BCUT2D eigenvalue weighted by molar-refractivity contribution is 0.445. The zero-order valence-electron chi connectivity index (χ0n) is 10.6. The summed E-state index contributed by atoms with van der Waals surface area (Å²) in [6.07, 6.45) is 1.64. The molecule has 3 rings (SSSR count). The highest BCUT2D eigenvalue weighted by molar-refractivity contribution is 9.10. The second-order valence-corrected chi connectivity index (χ2v) is 6.21. The minimum absolute atomic E-state index is 0.125. The Hall–Kier alpha value is -1.66. The van der Waals surface area contributed by atoms with Gasteiger partial charge in [0.15, 0.2) is 17.3 Å². The molecule has 0 fully saturated rings. The molecule has 0 aliphatic heterocycles. The van der Waals surface area contributed by atoms with E-state index >= 15 is 0 Å². The van der Waals surface area contributed by atoms with Crippen LogP contribution < -0.4 is 10.5 Å². The van der Waals surface area contributed by atoms with Crippen LogP contribution in [-0.2, 0) is 0 Å². The Morgan fingerprint density at radius 2 is 1.81 bits per heavy atom. The quantitative estimate of drug-likeness (QED) is 0.584. The molecule has 0 radical (unpaired) electrons. The Morgan fingerprint density at radius 3 is 2.62 bits per heavy atom. The van der Waals surface area contributed by atoms with Crippen molar-refractivity contribution in [2.45, 2.75) is 0 Å². The molecule has 0 unspecified atom stereocenters. The zero-order chi connectivity index (χ0) is 15.0. The van der Waals surface area contributed by atoms with Crippen molar-refractivity contribution in [3.05, 3.63) is 57.4 Å². The van der Waals surface area contributed by atoms with Crippen molar-refractivity contribution >= 4 is 48.5 Å². The van der Waals surface area contributed by atoms with E-state index in [1.807, 2.05) is 6.07 Å². The van der Waals surface area contributed by atoms with Crippen LogP contribution in [0.25, 0.3) is 10.9 Å². The van der Waals surface area contributed by atoms with Crippen molar-refractivity contribution in [3.8, 4) is 11.5 Å². The highest BCUT2D eigenvalue weighted by Crippen LogP contribution is 2.34. The van der Waals surface area contributed by atoms with Crippen LogP contribution in [0.4, 0.5) is 10.1 Å². The van der Waals surface area contributed by atoms with Crippen molar-refractivity contribution < 1.29 is 9.13 Å². The van der Waals surface area contributed by atoms with Crippen molar-refractivity contribution in [2.24, 2.45) is 0 Å². The Balaban J connectivity index is 2.13. The van der Waals surface area contributed by atoms with Crippen molar-refractivity contribution in [3.63, 3.8) is 0 Å². The standard InChI is InChI=1S/C15H9Br2FN2O/c16-8-1-2-11(18)14(6-8)21-13-4-3-12(19)10-5-9(17)7-20-15(10)13/h1-7H,19H2. The molecule has 0 bridgehead atoms. The SMILES string of the molecule is Nc1ccc(Oc2cc(Br)ccc2F)c2ncc(Br)cc12. The number of halogens is 3. The van der Waals surface area contributed by atoms with E-state index in [1.165, 1.54) is 6.07 Å². The van der Waals surface area contributed by atoms with Gasteiger partial charge in [-0.2, -0.15) is 0 Å². The number of ether oxygens (including phenoxy) is 1. The van der Waals surface area contributed by atoms with Gasteiger partial charge in [0.25, 0.3) is 0 Å². The molecule has 2 aromatic carbocycles. The molecule has 0 saturated heterocycles. The van der Waals surface area contributed by atoms with Gasteiger partial charge in [0.05, 0.1) is 0 Å². The van der Waals surface area contributed by atoms with Gasteiger partial charge in [0.2, 0.25) is 0 Å². The summed E-state index contributed by atoms with van der Waals surface area (Å²) >= 11 is 6.65. The predicted octanol–water partition coefficient (Wildman–Crippen LogP) is 5.27. The molecule has 0 aliphatic rings. The molecule has 6 heteroatoms. The first-order valence-electron chi connectivity index (χ1n) is 6.01. The molecule has 3 aromatic rings. The van der Waals surface area contributed by atoms with E-state index in [1.54, 1.807) is 30.5 Å². The molecular weight excluding hydrogens is 403 g/mol. The highest BCUT2D eigenvalue weighted by Gasteiger charge is 2.11. The zero-order valence-corrected chi connectivity index (χ0v) is 13.8. The maximum atomic E-state index is 13.8. The third kappa shape index (κ3) is 2.87. The van der Waals surface area contributed by atoms with Crippen LogP contribution in [0.1, 0.15) is 0 Å². The first-order valence-corrected chi connectivity index (χ1v) is 7.60. The van der Waals surface area contributed by atoms with Gasteiger partial charge in [-0.15, -0.1) is 0 Å². The van der Waals surface area contributed by atoms with Crippen LogP contribution in [0.15, 0.2) is 51.5 Å². The first-order chi connectivity index (χ1) is 10.0. The number of nitrogen functional groups attached to an aromatic ring is 1. The molecular formula is C15H9Br2FN2O. The summed E-state index contributed by atoms with van der Waals surface area (Å²) in [6, 6.07) is 9.75. The van der Waals surface area contributed by atoms with Crippen LogP contribution >= 0.6 is 31.9 Å². The summed E-state index contributed by atoms with van der Waals surface area (Å²) in [7, 11) is 0. The number of nitrogens with two attached hydrogens (primary N) is 1. The summed E-state index contributed by atoms with van der Waals surface area (Å²) in [5.74, 6) is 0.129. The van der Waals surface area contributed by atoms with Crippen molar-refractivity contribution in [2.75, 3.05) is 5.73 Å². The van der Waals surface area contributed by atoms with Gasteiger partial charge in [-0.05, 0) is 52.3 Å².